The molecular weight excluding hydrogens is 385 g/mol. The Balaban J connectivity index is 1.84. The zero-order chi connectivity index (χ0) is 19.4. The van der Waals surface area contributed by atoms with Crippen LogP contribution in [0, 0.1) is 5.41 Å². The van der Waals surface area contributed by atoms with Gasteiger partial charge in [-0.25, -0.2) is 9.67 Å². The SMILES string of the molecule is CC(C)(CCl)C(=O)C(Oc1ccc(-c2ccc(Cl)cc2)cc1)n1cncn1. The maximum absolute atomic E-state index is 12.9. The summed E-state index contributed by atoms with van der Waals surface area (Å²) in [5.74, 6) is 0.548. The number of Topliss-reactive ketones (excluding diaryl/α,β-unsaturated/α-hetero) is 1. The lowest BCUT2D eigenvalue weighted by Gasteiger charge is -2.26. The summed E-state index contributed by atoms with van der Waals surface area (Å²) in [5.41, 5.74) is 1.29. The molecule has 0 aliphatic carbocycles. The Morgan fingerprint density at radius 3 is 2.22 bits per heavy atom. The highest BCUT2D eigenvalue weighted by Crippen LogP contribution is 2.29. The summed E-state index contributed by atoms with van der Waals surface area (Å²) in [4.78, 5) is 16.8. The summed E-state index contributed by atoms with van der Waals surface area (Å²) in [6, 6.07) is 15.1. The normalized spacial score (nSPS) is 12.6. The van der Waals surface area contributed by atoms with Gasteiger partial charge in [-0.3, -0.25) is 4.79 Å². The van der Waals surface area contributed by atoms with E-state index in [-0.39, 0.29) is 11.7 Å². The number of aromatic nitrogens is 3. The van der Waals surface area contributed by atoms with Crippen LogP contribution in [0.3, 0.4) is 0 Å². The number of alkyl halides is 1. The Morgan fingerprint density at radius 2 is 1.70 bits per heavy atom. The van der Waals surface area contributed by atoms with E-state index < -0.39 is 11.6 Å². The van der Waals surface area contributed by atoms with Gasteiger partial charge >= 0.3 is 0 Å². The van der Waals surface area contributed by atoms with Gasteiger partial charge in [0, 0.05) is 16.3 Å². The monoisotopic (exact) mass is 403 g/mol. The van der Waals surface area contributed by atoms with Crippen molar-refractivity contribution in [3.05, 3.63) is 66.2 Å². The molecule has 0 fully saturated rings. The largest absolute Gasteiger partial charge is 0.461 e. The minimum Gasteiger partial charge on any atom is -0.461 e. The van der Waals surface area contributed by atoms with E-state index in [0.29, 0.717) is 10.8 Å². The number of ketones is 1. The topological polar surface area (TPSA) is 57.0 Å². The van der Waals surface area contributed by atoms with E-state index in [2.05, 4.69) is 10.1 Å². The number of nitrogens with zero attached hydrogens (tertiary/aromatic N) is 3. The predicted octanol–water partition coefficient (Wildman–Crippen LogP) is 5.01. The van der Waals surface area contributed by atoms with E-state index in [4.69, 9.17) is 27.9 Å². The lowest BCUT2D eigenvalue weighted by molar-refractivity contribution is -0.138. The van der Waals surface area contributed by atoms with Crippen LogP contribution in [-0.4, -0.2) is 26.4 Å². The number of ether oxygens (including phenoxy) is 1. The molecule has 0 N–H and O–H groups in total. The predicted molar refractivity (Wildman–Crippen MR) is 106 cm³/mol. The molecule has 1 unspecified atom stereocenters. The van der Waals surface area contributed by atoms with Gasteiger partial charge < -0.3 is 4.74 Å². The molecule has 140 valence electrons. The van der Waals surface area contributed by atoms with Crippen LogP contribution in [-0.2, 0) is 4.79 Å². The molecule has 0 amide bonds. The van der Waals surface area contributed by atoms with Crippen LogP contribution in [0.4, 0.5) is 0 Å². The Labute approximate surface area is 167 Å². The second-order valence-corrected chi connectivity index (χ2v) is 7.46. The molecule has 27 heavy (non-hydrogen) atoms. The molecule has 7 heteroatoms. The van der Waals surface area contributed by atoms with Gasteiger partial charge in [-0.1, -0.05) is 49.7 Å². The summed E-state index contributed by atoms with van der Waals surface area (Å²) in [5, 5.41) is 4.75. The Hall–Kier alpha value is -2.37. The maximum Gasteiger partial charge on any atom is 0.252 e. The zero-order valence-corrected chi connectivity index (χ0v) is 16.5. The first-order chi connectivity index (χ1) is 12.9. The third-order valence-corrected chi connectivity index (χ3v) is 5.10. The zero-order valence-electron chi connectivity index (χ0n) is 15.0. The minimum atomic E-state index is -0.942. The molecule has 2 aromatic carbocycles. The standard InChI is InChI=1S/C20H19Cl2N3O2/c1-20(2,11-21)18(26)19(25-13-23-12-24-25)27-17-9-5-15(6-10-17)14-3-7-16(22)8-4-14/h3-10,12-13,19H,11H2,1-2H3. The molecule has 0 spiro atoms. The average Bonchev–Trinajstić information content (AvgIpc) is 3.21. The summed E-state index contributed by atoms with van der Waals surface area (Å²) < 4.78 is 7.34. The van der Waals surface area contributed by atoms with Crippen molar-refractivity contribution in [3.63, 3.8) is 0 Å². The third-order valence-electron chi connectivity index (χ3n) is 4.18. The Bertz CT molecular complexity index is 892. The second-order valence-electron chi connectivity index (χ2n) is 6.76. The molecule has 1 atom stereocenters. The second kappa shape index (κ2) is 8.11. The molecule has 3 rings (SSSR count). The van der Waals surface area contributed by atoms with Crippen LogP contribution in [0.15, 0.2) is 61.2 Å². The molecule has 0 aliphatic heterocycles. The van der Waals surface area contributed by atoms with Gasteiger partial charge in [0.15, 0.2) is 0 Å². The number of halogens is 2. The summed E-state index contributed by atoms with van der Waals surface area (Å²) in [6.07, 6.45) is 1.87. The molecule has 0 aliphatic rings. The van der Waals surface area contributed by atoms with E-state index in [1.165, 1.54) is 17.3 Å². The van der Waals surface area contributed by atoms with Crippen molar-refractivity contribution in [2.24, 2.45) is 5.41 Å². The number of hydrogen-bond acceptors (Lipinski definition) is 4. The number of hydrogen-bond donors (Lipinski definition) is 0. The fourth-order valence-electron chi connectivity index (χ4n) is 2.46. The highest BCUT2D eigenvalue weighted by Gasteiger charge is 2.36. The van der Waals surface area contributed by atoms with Crippen LogP contribution in [0.2, 0.25) is 5.02 Å². The molecule has 0 bridgehead atoms. The number of rotatable bonds is 7. The van der Waals surface area contributed by atoms with Gasteiger partial charge in [0.25, 0.3) is 6.23 Å². The molecule has 5 nitrogen and oxygen atoms in total. The molecule has 1 aromatic heterocycles. The van der Waals surface area contributed by atoms with Crippen LogP contribution < -0.4 is 4.74 Å². The van der Waals surface area contributed by atoms with E-state index in [0.717, 1.165) is 11.1 Å². The summed E-state index contributed by atoms with van der Waals surface area (Å²) in [6.45, 7) is 3.55. The van der Waals surface area contributed by atoms with Crippen molar-refractivity contribution in [3.8, 4) is 16.9 Å². The smallest absolute Gasteiger partial charge is 0.252 e. The quantitative estimate of drug-likeness (QED) is 0.520. The van der Waals surface area contributed by atoms with E-state index in [1.54, 1.807) is 13.8 Å². The highest BCUT2D eigenvalue weighted by atomic mass is 35.5. The van der Waals surface area contributed by atoms with Crippen molar-refractivity contribution in [1.82, 2.24) is 14.8 Å². The van der Waals surface area contributed by atoms with Crippen molar-refractivity contribution in [2.75, 3.05) is 5.88 Å². The van der Waals surface area contributed by atoms with Gasteiger partial charge in [0.2, 0.25) is 5.78 Å². The van der Waals surface area contributed by atoms with Crippen molar-refractivity contribution in [1.29, 1.82) is 0 Å². The van der Waals surface area contributed by atoms with Crippen LogP contribution in [0.5, 0.6) is 5.75 Å². The molecule has 0 radical (unpaired) electrons. The minimum absolute atomic E-state index is 0.176. The fraction of sp³-hybridized carbons (Fsp3) is 0.250. The molecule has 0 saturated carbocycles. The van der Waals surface area contributed by atoms with Gasteiger partial charge in [0.05, 0.1) is 0 Å². The van der Waals surface area contributed by atoms with Crippen molar-refractivity contribution in [2.45, 2.75) is 20.1 Å². The fourth-order valence-corrected chi connectivity index (χ4v) is 2.72. The summed E-state index contributed by atoms with van der Waals surface area (Å²) >= 11 is 11.9. The molecule has 3 aromatic rings. The Kier molecular flexibility index (Phi) is 5.82. The molecule has 0 saturated heterocycles. The molecule has 1 heterocycles. The lowest BCUT2D eigenvalue weighted by Crippen LogP contribution is -2.37. The maximum atomic E-state index is 12.9. The average molecular weight is 404 g/mol. The van der Waals surface area contributed by atoms with Crippen molar-refractivity contribution >= 4 is 29.0 Å². The van der Waals surface area contributed by atoms with Crippen LogP contribution in [0.1, 0.15) is 20.1 Å². The van der Waals surface area contributed by atoms with Gasteiger partial charge in [-0.15, -0.1) is 11.6 Å². The van der Waals surface area contributed by atoms with Gasteiger partial charge in [-0.05, 0) is 35.4 Å². The molecular formula is C20H19Cl2N3O2. The van der Waals surface area contributed by atoms with Gasteiger partial charge in [-0.2, -0.15) is 5.10 Å². The number of carbonyl (C=O) groups excluding carboxylic acids is 1. The van der Waals surface area contributed by atoms with Crippen molar-refractivity contribution < 1.29 is 9.53 Å². The first-order valence-corrected chi connectivity index (χ1v) is 9.29. The highest BCUT2D eigenvalue weighted by molar-refractivity contribution is 6.30. The van der Waals surface area contributed by atoms with E-state index >= 15 is 0 Å². The summed E-state index contributed by atoms with van der Waals surface area (Å²) in [7, 11) is 0. The van der Waals surface area contributed by atoms with Gasteiger partial charge in [0.1, 0.15) is 18.4 Å². The lowest BCUT2D eigenvalue weighted by atomic mass is 9.89. The van der Waals surface area contributed by atoms with Crippen LogP contribution >= 0.6 is 23.2 Å². The Morgan fingerprint density at radius 1 is 1.11 bits per heavy atom. The third kappa shape index (κ3) is 4.49. The van der Waals surface area contributed by atoms with E-state index in [1.807, 2.05) is 48.5 Å². The number of benzene rings is 2. The first kappa shape index (κ1) is 19.4. The van der Waals surface area contributed by atoms with Crippen LogP contribution in [0.25, 0.3) is 11.1 Å². The number of carbonyl (C=O) groups is 1. The van der Waals surface area contributed by atoms with E-state index in [9.17, 15) is 4.79 Å². The first-order valence-electron chi connectivity index (χ1n) is 8.38.